The molecular formula is C16H22N6O2. The summed E-state index contributed by atoms with van der Waals surface area (Å²) >= 11 is 0. The topological polar surface area (TPSA) is 108 Å². The number of amidine groups is 1. The molecule has 1 aliphatic heterocycles. The first kappa shape index (κ1) is 17.6. The Morgan fingerprint density at radius 2 is 2.17 bits per heavy atom. The number of carbonyl (C=O) groups excluding carboxylic acids is 2. The molecule has 8 heteroatoms. The lowest BCUT2D eigenvalue weighted by atomic mass is 10.2. The Morgan fingerprint density at radius 1 is 1.33 bits per heavy atom. The summed E-state index contributed by atoms with van der Waals surface area (Å²) in [5.74, 6) is 0.471. The molecule has 2 rings (SSSR count). The number of carbonyl (C=O) groups is 2. The molecule has 0 saturated carbocycles. The van der Waals surface area contributed by atoms with Crippen molar-refractivity contribution >= 4 is 18.2 Å². The second kappa shape index (κ2) is 9.41. The number of aromatic nitrogens is 1. The van der Waals surface area contributed by atoms with E-state index in [0.29, 0.717) is 25.3 Å². The van der Waals surface area contributed by atoms with Gasteiger partial charge in [0.15, 0.2) is 5.84 Å². The number of aliphatic imine (C=N–C) groups is 1. The van der Waals surface area contributed by atoms with Crippen LogP contribution in [0.3, 0.4) is 0 Å². The van der Waals surface area contributed by atoms with Gasteiger partial charge in [0.05, 0.1) is 5.69 Å². The lowest BCUT2D eigenvalue weighted by Gasteiger charge is -2.07. The summed E-state index contributed by atoms with van der Waals surface area (Å²) in [4.78, 5) is 30.6. The van der Waals surface area contributed by atoms with Crippen LogP contribution in [0.5, 0.6) is 0 Å². The molecule has 0 bridgehead atoms. The van der Waals surface area contributed by atoms with Crippen molar-refractivity contribution in [1.82, 2.24) is 26.3 Å². The van der Waals surface area contributed by atoms with E-state index in [1.165, 1.54) is 11.8 Å². The van der Waals surface area contributed by atoms with E-state index in [-0.39, 0.29) is 12.3 Å². The Kier molecular flexibility index (Phi) is 6.91. The summed E-state index contributed by atoms with van der Waals surface area (Å²) in [5, 5.41) is 11.4. The van der Waals surface area contributed by atoms with Crippen LogP contribution in [-0.2, 0) is 22.7 Å². The van der Waals surface area contributed by atoms with Gasteiger partial charge in [-0.15, -0.1) is 0 Å². The second-order valence-electron chi connectivity index (χ2n) is 5.10. The maximum Gasteiger partial charge on any atom is 0.225 e. The highest BCUT2D eigenvalue weighted by molar-refractivity contribution is 5.97. The largest absolute Gasteiger partial charge is 0.358 e. The Bertz CT molecular complexity index is 641. The lowest BCUT2D eigenvalue weighted by molar-refractivity contribution is -0.120. The van der Waals surface area contributed by atoms with Gasteiger partial charge in [-0.05, 0) is 18.6 Å². The zero-order valence-electron chi connectivity index (χ0n) is 13.6. The summed E-state index contributed by atoms with van der Waals surface area (Å²) < 4.78 is 0. The van der Waals surface area contributed by atoms with Crippen LogP contribution in [0.25, 0.3) is 0 Å². The van der Waals surface area contributed by atoms with Crippen LogP contribution >= 0.6 is 0 Å². The predicted octanol–water partition coefficient (Wildman–Crippen LogP) is -0.236. The molecule has 0 radical (unpaired) electrons. The molecule has 0 fully saturated rings. The number of hydrogen-bond donors (Lipinski definition) is 4. The van der Waals surface area contributed by atoms with Crippen molar-refractivity contribution in [2.75, 3.05) is 13.1 Å². The minimum Gasteiger partial charge on any atom is -0.358 e. The number of pyridine rings is 1. The summed E-state index contributed by atoms with van der Waals surface area (Å²) in [5.41, 5.74) is 3.02. The van der Waals surface area contributed by atoms with Gasteiger partial charge in [-0.1, -0.05) is 6.07 Å². The van der Waals surface area contributed by atoms with Gasteiger partial charge in [-0.3, -0.25) is 14.6 Å². The molecule has 1 aromatic rings. The molecule has 2 heterocycles. The van der Waals surface area contributed by atoms with E-state index in [2.05, 4.69) is 37.3 Å². The smallest absolute Gasteiger partial charge is 0.225 e. The number of amides is 2. The van der Waals surface area contributed by atoms with Gasteiger partial charge in [0.25, 0.3) is 0 Å². The van der Waals surface area contributed by atoms with Gasteiger partial charge in [0.1, 0.15) is 5.69 Å². The maximum atomic E-state index is 11.5. The maximum absolute atomic E-state index is 11.5. The van der Waals surface area contributed by atoms with Crippen molar-refractivity contribution in [1.29, 1.82) is 0 Å². The molecule has 24 heavy (non-hydrogen) atoms. The number of fused-ring (bicyclic) bond motifs is 1. The van der Waals surface area contributed by atoms with Crippen molar-refractivity contribution in [3.05, 3.63) is 41.5 Å². The van der Waals surface area contributed by atoms with Crippen LogP contribution in [0.4, 0.5) is 0 Å². The van der Waals surface area contributed by atoms with Crippen LogP contribution in [0, 0.1) is 0 Å². The Hall–Kier alpha value is -2.74. The average Bonchev–Trinajstić information content (AvgIpc) is 3.05. The minimum atomic E-state index is -0.182. The summed E-state index contributed by atoms with van der Waals surface area (Å²) in [6.07, 6.45) is 3.89. The molecule has 0 aliphatic carbocycles. The molecule has 4 N–H and O–H groups in total. The fraction of sp³-hybridized carbons (Fsp3) is 0.375. The van der Waals surface area contributed by atoms with E-state index >= 15 is 0 Å². The van der Waals surface area contributed by atoms with Crippen LogP contribution in [-0.4, -0.2) is 36.2 Å². The molecule has 0 unspecified atom stereocenters. The Labute approximate surface area is 140 Å². The van der Waals surface area contributed by atoms with E-state index < -0.39 is 0 Å². The molecule has 128 valence electrons. The van der Waals surface area contributed by atoms with Gasteiger partial charge in [0, 0.05) is 45.0 Å². The SMILES string of the molecule is CCN=C(N/C=C/NC(=O)CCNC=O)c1ccc2c(n1)CNC2. The Balaban J connectivity index is 1.90. The van der Waals surface area contributed by atoms with Crippen molar-refractivity contribution in [3.8, 4) is 0 Å². The van der Waals surface area contributed by atoms with Gasteiger partial charge in [-0.2, -0.15) is 0 Å². The average molecular weight is 330 g/mol. The highest BCUT2D eigenvalue weighted by atomic mass is 16.1. The first-order valence-electron chi connectivity index (χ1n) is 7.87. The zero-order chi connectivity index (χ0) is 17.2. The van der Waals surface area contributed by atoms with Gasteiger partial charge in [-0.25, -0.2) is 4.98 Å². The lowest BCUT2D eigenvalue weighted by Crippen LogP contribution is -2.25. The summed E-state index contributed by atoms with van der Waals surface area (Å²) in [6.45, 7) is 4.50. The number of hydrogen-bond acceptors (Lipinski definition) is 5. The monoisotopic (exact) mass is 330 g/mol. The molecule has 0 saturated heterocycles. The van der Waals surface area contributed by atoms with Crippen LogP contribution in [0.15, 0.2) is 29.5 Å². The molecule has 2 amide bonds. The van der Waals surface area contributed by atoms with Gasteiger partial charge >= 0.3 is 0 Å². The summed E-state index contributed by atoms with van der Waals surface area (Å²) in [7, 11) is 0. The molecule has 1 aromatic heterocycles. The summed E-state index contributed by atoms with van der Waals surface area (Å²) in [6, 6.07) is 3.99. The van der Waals surface area contributed by atoms with Crippen molar-refractivity contribution in [3.63, 3.8) is 0 Å². The molecule has 1 aliphatic rings. The third-order valence-corrected chi connectivity index (χ3v) is 3.36. The van der Waals surface area contributed by atoms with E-state index in [9.17, 15) is 9.59 Å². The third-order valence-electron chi connectivity index (χ3n) is 3.36. The molecule has 0 aromatic carbocycles. The van der Waals surface area contributed by atoms with E-state index in [0.717, 1.165) is 24.5 Å². The zero-order valence-corrected chi connectivity index (χ0v) is 13.6. The number of nitrogens with one attached hydrogen (secondary N) is 4. The minimum absolute atomic E-state index is 0.182. The van der Waals surface area contributed by atoms with Gasteiger partial charge < -0.3 is 21.3 Å². The van der Waals surface area contributed by atoms with Crippen LogP contribution in [0.2, 0.25) is 0 Å². The predicted molar refractivity (Wildman–Crippen MR) is 91.0 cm³/mol. The quantitative estimate of drug-likeness (QED) is 0.228. The van der Waals surface area contributed by atoms with E-state index in [4.69, 9.17) is 0 Å². The molecule has 0 spiro atoms. The number of rotatable bonds is 8. The van der Waals surface area contributed by atoms with Crippen LogP contribution < -0.4 is 21.3 Å². The highest BCUT2D eigenvalue weighted by Crippen LogP contribution is 2.13. The fourth-order valence-electron chi connectivity index (χ4n) is 2.22. The van der Waals surface area contributed by atoms with Crippen molar-refractivity contribution < 1.29 is 9.59 Å². The van der Waals surface area contributed by atoms with Gasteiger partial charge in [0.2, 0.25) is 12.3 Å². The van der Waals surface area contributed by atoms with Crippen molar-refractivity contribution in [2.45, 2.75) is 26.4 Å². The van der Waals surface area contributed by atoms with Crippen molar-refractivity contribution in [2.24, 2.45) is 4.99 Å². The first-order valence-corrected chi connectivity index (χ1v) is 7.87. The van der Waals surface area contributed by atoms with Crippen LogP contribution in [0.1, 0.15) is 30.3 Å². The standard InChI is InChI=1S/C16H22N6O2/c1-2-19-16(13-4-3-12-9-18-10-14(12)22-13)21-8-7-20-15(24)5-6-17-11-23/h3-4,7-8,11,18H,2,5-6,9-10H2,1H3,(H,17,23)(H,19,21)(H,20,24)/b8-7+. The third kappa shape index (κ3) is 5.17. The molecule has 0 atom stereocenters. The molecule has 8 nitrogen and oxygen atoms in total. The fourth-order valence-corrected chi connectivity index (χ4v) is 2.22. The molecular weight excluding hydrogens is 308 g/mol. The van der Waals surface area contributed by atoms with E-state index in [1.54, 1.807) is 6.20 Å². The van der Waals surface area contributed by atoms with E-state index in [1.807, 2.05) is 13.0 Å². The normalized spacial score (nSPS) is 13.6. The Morgan fingerprint density at radius 3 is 2.96 bits per heavy atom. The highest BCUT2D eigenvalue weighted by Gasteiger charge is 2.13. The second-order valence-corrected chi connectivity index (χ2v) is 5.10. The number of nitrogens with zero attached hydrogens (tertiary/aromatic N) is 2. The first-order chi connectivity index (χ1) is 11.7.